The fourth-order valence-electron chi connectivity index (χ4n) is 3.01. The number of aromatic nitrogens is 5. The second-order valence-electron chi connectivity index (χ2n) is 5.71. The predicted octanol–water partition coefficient (Wildman–Crippen LogP) is 0.990. The van der Waals surface area contributed by atoms with Gasteiger partial charge in [-0.3, -0.25) is 14.3 Å². The van der Waals surface area contributed by atoms with Crippen molar-refractivity contribution in [3.63, 3.8) is 0 Å². The van der Waals surface area contributed by atoms with E-state index >= 15 is 0 Å². The lowest BCUT2D eigenvalue weighted by Crippen LogP contribution is -2.38. The molecule has 0 bridgehead atoms. The van der Waals surface area contributed by atoms with E-state index in [1.54, 1.807) is 30.3 Å². The van der Waals surface area contributed by atoms with E-state index in [9.17, 15) is 4.79 Å². The molecule has 4 rings (SSSR count). The number of aryl methyl sites for hydroxylation is 1. The van der Waals surface area contributed by atoms with Crippen molar-refractivity contribution in [2.75, 3.05) is 11.4 Å². The van der Waals surface area contributed by atoms with Gasteiger partial charge >= 0.3 is 0 Å². The number of fused-ring (bicyclic) bond motifs is 2. The van der Waals surface area contributed by atoms with E-state index in [0.29, 0.717) is 6.54 Å². The van der Waals surface area contributed by atoms with Crippen molar-refractivity contribution >= 4 is 16.7 Å². The Hall–Kier alpha value is -2.83. The van der Waals surface area contributed by atoms with Crippen LogP contribution in [0.1, 0.15) is 17.1 Å². The van der Waals surface area contributed by atoms with Crippen molar-refractivity contribution in [2.24, 2.45) is 7.05 Å². The maximum absolute atomic E-state index is 12.5. The summed E-state index contributed by atoms with van der Waals surface area (Å²) in [7, 11) is 1.76. The second-order valence-corrected chi connectivity index (χ2v) is 5.71. The highest BCUT2D eigenvalue weighted by Crippen LogP contribution is 2.26. The summed E-state index contributed by atoms with van der Waals surface area (Å²) < 4.78 is 1.60. The molecule has 0 unspecified atom stereocenters. The molecule has 1 aliphatic heterocycles. The average Bonchev–Trinajstić information content (AvgIpc) is 2.59. The first-order valence-electron chi connectivity index (χ1n) is 7.50. The third-order valence-electron chi connectivity index (χ3n) is 4.38. The third-order valence-corrected chi connectivity index (χ3v) is 4.38. The van der Waals surface area contributed by atoms with Gasteiger partial charge in [-0.15, -0.1) is 0 Å². The van der Waals surface area contributed by atoms with Crippen molar-refractivity contribution in [2.45, 2.75) is 19.9 Å². The van der Waals surface area contributed by atoms with Gasteiger partial charge in [0.2, 0.25) is 0 Å². The van der Waals surface area contributed by atoms with Gasteiger partial charge in [0, 0.05) is 31.6 Å². The fourth-order valence-corrected chi connectivity index (χ4v) is 3.01. The van der Waals surface area contributed by atoms with Gasteiger partial charge in [-0.05, 0) is 13.0 Å². The summed E-state index contributed by atoms with van der Waals surface area (Å²) in [6, 6.07) is 1.91. The zero-order valence-electron chi connectivity index (χ0n) is 13.0. The monoisotopic (exact) mass is 308 g/mol. The maximum atomic E-state index is 12.5. The molecule has 7 nitrogen and oxygen atoms in total. The predicted molar refractivity (Wildman–Crippen MR) is 86.3 cm³/mol. The zero-order valence-corrected chi connectivity index (χ0v) is 13.0. The summed E-state index contributed by atoms with van der Waals surface area (Å²) in [6.45, 7) is 3.16. The van der Waals surface area contributed by atoms with E-state index in [0.717, 1.165) is 46.8 Å². The highest BCUT2D eigenvalue weighted by atomic mass is 16.1. The molecule has 3 aromatic heterocycles. The van der Waals surface area contributed by atoms with E-state index in [-0.39, 0.29) is 5.56 Å². The summed E-state index contributed by atoms with van der Waals surface area (Å²) in [5.74, 6) is 1.59. The molecule has 0 spiro atoms. The number of rotatable bonds is 1. The highest BCUT2D eigenvalue weighted by Gasteiger charge is 2.23. The topological polar surface area (TPSA) is 76.8 Å². The summed E-state index contributed by atoms with van der Waals surface area (Å²) in [5, 5.41) is 0.947. The van der Waals surface area contributed by atoms with E-state index in [1.165, 1.54) is 0 Å². The van der Waals surface area contributed by atoms with E-state index < -0.39 is 0 Å². The molecule has 3 aromatic rings. The lowest BCUT2D eigenvalue weighted by atomic mass is 10.1. The quantitative estimate of drug-likeness (QED) is 0.667. The van der Waals surface area contributed by atoms with Crippen LogP contribution in [0.15, 0.2) is 29.6 Å². The molecule has 0 radical (unpaired) electrons. The maximum Gasteiger partial charge on any atom is 0.258 e. The minimum atomic E-state index is 0.0252. The molecule has 0 aromatic carbocycles. The van der Waals surface area contributed by atoms with Crippen molar-refractivity contribution in [1.82, 2.24) is 24.5 Å². The normalized spacial score (nSPS) is 14.1. The molecule has 116 valence electrons. The molecule has 7 heteroatoms. The van der Waals surface area contributed by atoms with Crippen LogP contribution in [-0.4, -0.2) is 31.0 Å². The molecule has 0 N–H and O–H groups in total. The van der Waals surface area contributed by atoms with Crippen molar-refractivity contribution in [1.29, 1.82) is 0 Å². The van der Waals surface area contributed by atoms with Gasteiger partial charge in [0.05, 0.1) is 29.5 Å². The molecule has 0 atom stereocenters. The van der Waals surface area contributed by atoms with Gasteiger partial charge in [0.1, 0.15) is 18.0 Å². The Morgan fingerprint density at radius 2 is 2.13 bits per heavy atom. The van der Waals surface area contributed by atoms with Crippen molar-refractivity contribution < 1.29 is 0 Å². The number of anilines is 1. The van der Waals surface area contributed by atoms with Gasteiger partial charge < -0.3 is 4.90 Å². The number of hydrogen-bond acceptors (Lipinski definition) is 6. The van der Waals surface area contributed by atoms with Gasteiger partial charge in [0.15, 0.2) is 0 Å². The number of pyridine rings is 1. The third kappa shape index (κ3) is 2.16. The Bertz CT molecular complexity index is 959. The van der Waals surface area contributed by atoms with Crippen LogP contribution in [0.3, 0.4) is 0 Å². The van der Waals surface area contributed by atoms with Crippen LogP contribution < -0.4 is 10.5 Å². The standard InChI is InChI=1S/C16H16N6O/c1-10-20-13-4-6-22(8-12(13)16(23)21(10)2)15-11-3-5-17-7-14(11)18-9-19-15/h3,5,7,9H,4,6,8H2,1-2H3. The van der Waals surface area contributed by atoms with Crippen LogP contribution in [0.4, 0.5) is 5.82 Å². The van der Waals surface area contributed by atoms with Crippen LogP contribution in [0.2, 0.25) is 0 Å². The molecule has 0 saturated carbocycles. The number of nitrogens with zero attached hydrogens (tertiary/aromatic N) is 6. The summed E-state index contributed by atoms with van der Waals surface area (Å²) in [5.41, 5.74) is 2.49. The Morgan fingerprint density at radius 1 is 1.26 bits per heavy atom. The van der Waals surface area contributed by atoms with Crippen molar-refractivity contribution in [3.8, 4) is 0 Å². The second kappa shape index (κ2) is 5.12. The largest absolute Gasteiger partial charge is 0.351 e. The molecule has 1 aliphatic rings. The smallest absolute Gasteiger partial charge is 0.258 e. The Balaban J connectivity index is 1.81. The Morgan fingerprint density at radius 3 is 3.00 bits per heavy atom. The van der Waals surface area contributed by atoms with Crippen molar-refractivity contribution in [3.05, 3.63) is 52.2 Å². The van der Waals surface area contributed by atoms with E-state index in [1.807, 2.05) is 13.0 Å². The Labute approximate surface area is 132 Å². The first-order valence-corrected chi connectivity index (χ1v) is 7.50. The molecule has 0 saturated heterocycles. The molecular weight excluding hydrogens is 292 g/mol. The Kier molecular flexibility index (Phi) is 3.07. The fraction of sp³-hybridized carbons (Fsp3) is 0.312. The van der Waals surface area contributed by atoms with Gasteiger partial charge in [-0.1, -0.05) is 0 Å². The van der Waals surface area contributed by atoms with E-state index in [2.05, 4.69) is 24.8 Å². The van der Waals surface area contributed by atoms with Crippen LogP contribution in [-0.2, 0) is 20.0 Å². The number of hydrogen-bond donors (Lipinski definition) is 0. The lowest BCUT2D eigenvalue weighted by molar-refractivity contribution is 0.651. The summed E-state index contributed by atoms with van der Waals surface area (Å²) >= 11 is 0. The molecular formula is C16H16N6O. The summed E-state index contributed by atoms with van der Waals surface area (Å²) in [4.78, 5) is 32.0. The van der Waals surface area contributed by atoms with Crippen LogP contribution in [0, 0.1) is 6.92 Å². The van der Waals surface area contributed by atoms with Gasteiger partial charge in [-0.2, -0.15) is 0 Å². The molecule has 0 amide bonds. The van der Waals surface area contributed by atoms with Crippen LogP contribution in [0.25, 0.3) is 10.9 Å². The van der Waals surface area contributed by atoms with E-state index in [4.69, 9.17) is 0 Å². The minimum absolute atomic E-state index is 0.0252. The molecule has 23 heavy (non-hydrogen) atoms. The molecule has 0 fully saturated rings. The molecule has 4 heterocycles. The average molecular weight is 308 g/mol. The van der Waals surface area contributed by atoms with Gasteiger partial charge in [0.25, 0.3) is 5.56 Å². The van der Waals surface area contributed by atoms with Crippen LogP contribution in [0.5, 0.6) is 0 Å². The highest BCUT2D eigenvalue weighted by molar-refractivity contribution is 5.88. The minimum Gasteiger partial charge on any atom is -0.351 e. The SMILES string of the molecule is Cc1nc2c(c(=O)n1C)CN(c1ncnc3cnccc13)CC2. The zero-order chi connectivity index (χ0) is 16.0. The molecule has 0 aliphatic carbocycles. The first kappa shape index (κ1) is 13.8. The first-order chi connectivity index (χ1) is 11.1. The van der Waals surface area contributed by atoms with Crippen LogP contribution >= 0.6 is 0 Å². The lowest BCUT2D eigenvalue weighted by Gasteiger charge is -2.29. The van der Waals surface area contributed by atoms with Gasteiger partial charge in [-0.25, -0.2) is 15.0 Å². The summed E-state index contributed by atoms with van der Waals surface area (Å²) in [6.07, 6.45) is 5.74.